The topological polar surface area (TPSA) is 70.8 Å². The molecule has 84 valence electrons. The monoisotopic (exact) mass is 226 g/mol. The third-order valence-electron chi connectivity index (χ3n) is 2.11. The molecule has 0 aliphatic carbocycles. The largest absolute Gasteiger partial charge is 0.481 e. The summed E-state index contributed by atoms with van der Waals surface area (Å²) in [7, 11) is 1.57. The number of hydrogen-bond donors (Lipinski definition) is 1. The second-order valence-corrected chi connectivity index (χ2v) is 3.26. The van der Waals surface area contributed by atoms with Crippen LogP contribution in [0.25, 0.3) is 0 Å². The van der Waals surface area contributed by atoms with Crippen LogP contribution in [-0.2, 0) is 0 Å². The first kappa shape index (κ1) is 10.9. The van der Waals surface area contributed by atoms with Gasteiger partial charge < -0.3 is 10.1 Å². The Labute approximate surface area is 98.7 Å². The molecule has 0 amide bonds. The highest BCUT2D eigenvalue weighted by molar-refractivity contribution is 5.58. The van der Waals surface area contributed by atoms with E-state index in [1.807, 2.05) is 12.1 Å². The summed E-state index contributed by atoms with van der Waals surface area (Å²) >= 11 is 0. The Bertz CT molecular complexity index is 528. The minimum atomic E-state index is 0.392. The molecule has 2 heterocycles. The summed E-state index contributed by atoms with van der Waals surface area (Å²) in [6.45, 7) is 0. The predicted octanol–water partition coefficient (Wildman–Crippen LogP) is 2.10. The minimum absolute atomic E-state index is 0.392. The van der Waals surface area contributed by atoms with Gasteiger partial charge in [-0.2, -0.15) is 5.26 Å². The molecule has 2 aromatic heterocycles. The standard InChI is InChI=1S/C12H10N4O/c1-17-12-5-4-11(8-15-12)16-10-3-2-9(6-13)14-7-10/h2-5,7-8,16H,1H3. The third kappa shape index (κ3) is 2.69. The lowest BCUT2D eigenvalue weighted by Gasteiger charge is -2.05. The number of hydrogen-bond acceptors (Lipinski definition) is 5. The zero-order valence-corrected chi connectivity index (χ0v) is 9.21. The Kier molecular flexibility index (Phi) is 3.17. The molecule has 2 aromatic rings. The van der Waals surface area contributed by atoms with Crippen molar-refractivity contribution < 1.29 is 4.74 Å². The number of nitriles is 1. The number of methoxy groups -OCH3 is 1. The zero-order valence-electron chi connectivity index (χ0n) is 9.21. The van der Waals surface area contributed by atoms with Gasteiger partial charge in [-0.25, -0.2) is 9.97 Å². The number of ether oxygens (including phenoxy) is 1. The summed E-state index contributed by atoms with van der Waals surface area (Å²) in [5.74, 6) is 0.563. The van der Waals surface area contributed by atoms with E-state index in [2.05, 4.69) is 15.3 Å². The van der Waals surface area contributed by atoms with Gasteiger partial charge in [0.1, 0.15) is 11.8 Å². The average molecular weight is 226 g/mol. The number of rotatable bonds is 3. The van der Waals surface area contributed by atoms with Crippen molar-refractivity contribution >= 4 is 11.4 Å². The fourth-order valence-corrected chi connectivity index (χ4v) is 1.28. The first-order valence-corrected chi connectivity index (χ1v) is 4.95. The number of nitrogens with zero attached hydrogens (tertiary/aromatic N) is 3. The maximum Gasteiger partial charge on any atom is 0.213 e. The quantitative estimate of drug-likeness (QED) is 0.867. The average Bonchev–Trinajstić information content (AvgIpc) is 2.40. The zero-order chi connectivity index (χ0) is 12.1. The van der Waals surface area contributed by atoms with E-state index >= 15 is 0 Å². The molecule has 5 nitrogen and oxygen atoms in total. The molecular formula is C12H10N4O. The molecule has 0 saturated carbocycles. The molecule has 2 rings (SSSR count). The van der Waals surface area contributed by atoms with E-state index < -0.39 is 0 Å². The van der Waals surface area contributed by atoms with Gasteiger partial charge in [0.25, 0.3) is 0 Å². The van der Waals surface area contributed by atoms with Crippen LogP contribution < -0.4 is 10.1 Å². The van der Waals surface area contributed by atoms with E-state index in [0.29, 0.717) is 11.6 Å². The van der Waals surface area contributed by atoms with Gasteiger partial charge in [-0.3, -0.25) is 0 Å². The molecule has 0 aromatic carbocycles. The van der Waals surface area contributed by atoms with E-state index in [-0.39, 0.29) is 0 Å². The van der Waals surface area contributed by atoms with Gasteiger partial charge in [-0.1, -0.05) is 0 Å². The van der Waals surface area contributed by atoms with Gasteiger partial charge >= 0.3 is 0 Å². The van der Waals surface area contributed by atoms with Crippen molar-refractivity contribution in [3.8, 4) is 11.9 Å². The summed E-state index contributed by atoms with van der Waals surface area (Å²) in [5.41, 5.74) is 2.02. The van der Waals surface area contributed by atoms with Crippen molar-refractivity contribution in [2.24, 2.45) is 0 Å². The normalized spacial score (nSPS) is 9.41. The van der Waals surface area contributed by atoms with Gasteiger partial charge in [0.05, 0.1) is 30.9 Å². The molecule has 0 spiro atoms. The summed E-state index contributed by atoms with van der Waals surface area (Å²) < 4.78 is 4.96. The minimum Gasteiger partial charge on any atom is -0.481 e. The van der Waals surface area contributed by atoms with Crippen LogP contribution in [0.2, 0.25) is 0 Å². The fourth-order valence-electron chi connectivity index (χ4n) is 1.28. The van der Waals surface area contributed by atoms with E-state index in [0.717, 1.165) is 11.4 Å². The highest BCUT2D eigenvalue weighted by Crippen LogP contribution is 2.16. The molecule has 5 heteroatoms. The molecule has 0 aliphatic heterocycles. The number of pyridine rings is 2. The number of aromatic nitrogens is 2. The summed E-state index contributed by atoms with van der Waals surface area (Å²) in [6.07, 6.45) is 3.26. The van der Waals surface area contributed by atoms with E-state index in [1.54, 1.807) is 37.7 Å². The molecule has 0 aliphatic rings. The summed E-state index contributed by atoms with van der Waals surface area (Å²) in [4.78, 5) is 8.03. The van der Waals surface area contributed by atoms with E-state index in [4.69, 9.17) is 10.00 Å². The highest BCUT2D eigenvalue weighted by Gasteiger charge is 1.97. The van der Waals surface area contributed by atoms with Gasteiger partial charge in [-0.15, -0.1) is 0 Å². The maximum atomic E-state index is 8.62. The molecule has 0 fully saturated rings. The van der Waals surface area contributed by atoms with Crippen LogP contribution in [0.15, 0.2) is 36.7 Å². The Hall–Kier alpha value is -2.61. The van der Waals surface area contributed by atoms with Crippen molar-refractivity contribution in [1.29, 1.82) is 5.26 Å². The molecule has 0 saturated heterocycles. The number of nitrogens with one attached hydrogen (secondary N) is 1. The van der Waals surface area contributed by atoms with E-state index in [1.165, 1.54) is 0 Å². The van der Waals surface area contributed by atoms with Crippen LogP contribution >= 0.6 is 0 Å². The maximum absolute atomic E-state index is 8.62. The van der Waals surface area contributed by atoms with Crippen LogP contribution in [0.3, 0.4) is 0 Å². The van der Waals surface area contributed by atoms with Crippen LogP contribution in [0, 0.1) is 11.3 Å². The third-order valence-corrected chi connectivity index (χ3v) is 2.11. The second-order valence-electron chi connectivity index (χ2n) is 3.26. The molecule has 0 bridgehead atoms. The first-order chi connectivity index (χ1) is 8.31. The Morgan fingerprint density at radius 2 is 1.82 bits per heavy atom. The molecular weight excluding hydrogens is 216 g/mol. The Balaban J connectivity index is 2.11. The highest BCUT2D eigenvalue weighted by atomic mass is 16.5. The van der Waals surface area contributed by atoms with Gasteiger partial charge in [0, 0.05) is 6.07 Å². The van der Waals surface area contributed by atoms with Crippen LogP contribution in [0.1, 0.15) is 5.69 Å². The smallest absolute Gasteiger partial charge is 0.213 e. The lowest BCUT2D eigenvalue weighted by Crippen LogP contribution is -1.93. The summed E-state index contributed by atoms with van der Waals surface area (Å²) in [6, 6.07) is 9.02. The lowest BCUT2D eigenvalue weighted by molar-refractivity contribution is 0.398. The van der Waals surface area contributed by atoms with Crippen molar-refractivity contribution in [1.82, 2.24) is 9.97 Å². The SMILES string of the molecule is COc1ccc(Nc2ccc(C#N)nc2)cn1. The van der Waals surface area contributed by atoms with Crippen LogP contribution in [0.5, 0.6) is 5.88 Å². The first-order valence-electron chi connectivity index (χ1n) is 4.95. The molecule has 0 atom stereocenters. The predicted molar refractivity (Wildman–Crippen MR) is 63.0 cm³/mol. The van der Waals surface area contributed by atoms with Crippen molar-refractivity contribution in [2.45, 2.75) is 0 Å². The molecule has 0 radical (unpaired) electrons. The van der Waals surface area contributed by atoms with Gasteiger partial charge in [0.2, 0.25) is 5.88 Å². The Morgan fingerprint density at radius 3 is 2.29 bits per heavy atom. The van der Waals surface area contributed by atoms with Crippen molar-refractivity contribution in [3.63, 3.8) is 0 Å². The Morgan fingerprint density at radius 1 is 1.12 bits per heavy atom. The lowest BCUT2D eigenvalue weighted by atomic mass is 10.3. The molecule has 17 heavy (non-hydrogen) atoms. The van der Waals surface area contributed by atoms with Crippen molar-refractivity contribution in [3.05, 3.63) is 42.4 Å². The van der Waals surface area contributed by atoms with Gasteiger partial charge in [0.15, 0.2) is 0 Å². The fraction of sp³-hybridized carbons (Fsp3) is 0.0833. The van der Waals surface area contributed by atoms with Crippen LogP contribution in [0.4, 0.5) is 11.4 Å². The molecule has 1 N–H and O–H groups in total. The van der Waals surface area contributed by atoms with Gasteiger partial charge in [-0.05, 0) is 18.2 Å². The van der Waals surface area contributed by atoms with Crippen LogP contribution in [-0.4, -0.2) is 17.1 Å². The second kappa shape index (κ2) is 4.94. The van der Waals surface area contributed by atoms with Crippen molar-refractivity contribution in [2.75, 3.05) is 12.4 Å². The van der Waals surface area contributed by atoms with E-state index in [9.17, 15) is 0 Å². The number of anilines is 2. The summed E-state index contributed by atoms with van der Waals surface area (Å²) in [5, 5.41) is 11.7. The molecule has 0 unspecified atom stereocenters.